The monoisotopic (exact) mass is 452 g/mol. The maximum atomic E-state index is 12.6. The fraction of sp³-hybridized carbons (Fsp3) is 0.929. The van der Waals surface area contributed by atoms with Crippen LogP contribution in [0.5, 0.6) is 0 Å². The maximum absolute atomic E-state index is 12.6. The summed E-state index contributed by atoms with van der Waals surface area (Å²) in [5, 5.41) is 0. The Morgan fingerprint density at radius 1 is 0.656 bits per heavy atom. The van der Waals surface area contributed by atoms with E-state index in [0.717, 1.165) is 57.3 Å². The van der Waals surface area contributed by atoms with Crippen molar-refractivity contribution in [1.82, 2.24) is 0 Å². The number of rotatable bonds is 19. The molecule has 0 heterocycles. The molecule has 4 heteroatoms. The first-order chi connectivity index (χ1) is 15.6. The lowest BCUT2D eigenvalue weighted by Gasteiger charge is -2.28. The first-order valence-electron chi connectivity index (χ1n) is 13.9. The highest BCUT2D eigenvalue weighted by Crippen LogP contribution is 2.32. The third-order valence-corrected chi connectivity index (χ3v) is 6.78. The molecule has 0 saturated heterocycles. The predicted molar refractivity (Wildman–Crippen MR) is 133 cm³/mol. The van der Waals surface area contributed by atoms with Gasteiger partial charge in [-0.1, -0.05) is 111 Å². The van der Waals surface area contributed by atoms with E-state index in [1.807, 2.05) is 0 Å². The van der Waals surface area contributed by atoms with Gasteiger partial charge in [0.2, 0.25) is 0 Å². The van der Waals surface area contributed by atoms with Crippen molar-refractivity contribution in [3.05, 3.63) is 0 Å². The Kier molecular flexibility index (Phi) is 17.6. The summed E-state index contributed by atoms with van der Waals surface area (Å²) in [6.07, 6.45) is 20.4. The molecule has 0 aliphatic heterocycles. The fourth-order valence-electron chi connectivity index (χ4n) is 4.68. The second-order valence-electron chi connectivity index (χ2n) is 10.3. The van der Waals surface area contributed by atoms with E-state index in [2.05, 4.69) is 20.8 Å². The second kappa shape index (κ2) is 19.4. The molecule has 188 valence electrons. The number of ether oxygens (including phenoxy) is 2. The van der Waals surface area contributed by atoms with E-state index in [0.29, 0.717) is 13.2 Å². The van der Waals surface area contributed by atoms with Gasteiger partial charge in [0.25, 0.3) is 0 Å². The zero-order valence-electron chi connectivity index (χ0n) is 21.5. The minimum Gasteiger partial charge on any atom is -0.465 e. The normalized spacial score (nSPS) is 18.6. The van der Waals surface area contributed by atoms with Gasteiger partial charge < -0.3 is 9.47 Å². The molecule has 0 aromatic rings. The van der Waals surface area contributed by atoms with Crippen LogP contribution in [0.1, 0.15) is 136 Å². The Morgan fingerprint density at radius 2 is 1.06 bits per heavy atom. The van der Waals surface area contributed by atoms with Gasteiger partial charge in [0.05, 0.1) is 25.0 Å². The molecule has 0 N–H and O–H groups in total. The van der Waals surface area contributed by atoms with Crippen molar-refractivity contribution in [2.45, 2.75) is 136 Å². The molecule has 0 radical (unpaired) electrons. The molecule has 0 bridgehead atoms. The van der Waals surface area contributed by atoms with Gasteiger partial charge in [-0.3, -0.25) is 9.59 Å². The van der Waals surface area contributed by atoms with E-state index in [9.17, 15) is 9.59 Å². The number of esters is 2. The Bertz CT molecular complexity index is 474. The van der Waals surface area contributed by atoms with E-state index in [-0.39, 0.29) is 23.8 Å². The quantitative estimate of drug-likeness (QED) is 0.147. The molecule has 1 aliphatic carbocycles. The molecular formula is C28H52O4. The van der Waals surface area contributed by atoms with Crippen LogP contribution < -0.4 is 0 Å². The van der Waals surface area contributed by atoms with Crippen molar-refractivity contribution in [1.29, 1.82) is 0 Å². The van der Waals surface area contributed by atoms with Gasteiger partial charge in [0.15, 0.2) is 0 Å². The third-order valence-electron chi connectivity index (χ3n) is 6.78. The zero-order valence-corrected chi connectivity index (χ0v) is 21.5. The van der Waals surface area contributed by atoms with Gasteiger partial charge in [0.1, 0.15) is 0 Å². The van der Waals surface area contributed by atoms with Gasteiger partial charge in [-0.25, -0.2) is 0 Å². The van der Waals surface area contributed by atoms with Gasteiger partial charge >= 0.3 is 11.9 Å². The van der Waals surface area contributed by atoms with Gasteiger partial charge in [0, 0.05) is 0 Å². The highest BCUT2D eigenvalue weighted by molar-refractivity contribution is 5.82. The van der Waals surface area contributed by atoms with Crippen LogP contribution in [0.2, 0.25) is 0 Å². The SMILES string of the molecule is CCCCCCCCCCOC(=O)C1CCCCC1C(=O)OCCCCCCCC(C)C. The third kappa shape index (κ3) is 14.2. The summed E-state index contributed by atoms with van der Waals surface area (Å²) < 4.78 is 11.1. The first-order valence-corrected chi connectivity index (χ1v) is 13.9. The van der Waals surface area contributed by atoms with Crippen LogP contribution in [0.3, 0.4) is 0 Å². The smallest absolute Gasteiger partial charge is 0.309 e. The summed E-state index contributed by atoms with van der Waals surface area (Å²) in [5.41, 5.74) is 0. The molecule has 2 unspecified atom stereocenters. The van der Waals surface area contributed by atoms with Crippen LogP contribution in [0.15, 0.2) is 0 Å². The molecule has 0 amide bonds. The lowest BCUT2D eigenvalue weighted by molar-refractivity contribution is -0.163. The van der Waals surface area contributed by atoms with Crippen LogP contribution in [0.25, 0.3) is 0 Å². The van der Waals surface area contributed by atoms with Crippen molar-refractivity contribution >= 4 is 11.9 Å². The molecule has 1 rings (SSSR count). The second-order valence-corrected chi connectivity index (χ2v) is 10.3. The van der Waals surface area contributed by atoms with Crippen LogP contribution >= 0.6 is 0 Å². The number of hydrogen-bond donors (Lipinski definition) is 0. The first kappa shape index (κ1) is 29.0. The molecule has 0 aromatic heterocycles. The van der Waals surface area contributed by atoms with Crippen LogP contribution in [-0.4, -0.2) is 25.2 Å². The largest absolute Gasteiger partial charge is 0.465 e. The number of carbonyl (C=O) groups excluding carboxylic acids is 2. The standard InChI is InChI=1S/C28H52O4/c1-4-5-6-7-8-9-12-17-22-31-27(29)25-20-15-16-21-26(25)28(30)32-23-18-13-10-11-14-19-24(2)3/h24-26H,4-23H2,1-3H3. The van der Waals surface area contributed by atoms with Crippen molar-refractivity contribution in [2.75, 3.05) is 13.2 Å². The highest BCUT2D eigenvalue weighted by atomic mass is 16.5. The molecule has 0 aromatic carbocycles. The number of hydrogen-bond acceptors (Lipinski definition) is 4. The Hall–Kier alpha value is -1.06. The van der Waals surface area contributed by atoms with E-state index < -0.39 is 0 Å². The predicted octanol–water partition coefficient (Wildman–Crippen LogP) is 8.02. The topological polar surface area (TPSA) is 52.6 Å². The molecule has 1 saturated carbocycles. The van der Waals surface area contributed by atoms with Crippen LogP contribution in [-0.2, 0) is 19.1 Å². The zero-order chi connectivity index (χ0) is 23.4. The summed E-state index contributed by atoms with van der Waals surface area (Å²) in [6.45, 7) is 7.75. The maximum Gasteiger partial charge on any atom is 0.309 e. The van der Waals surface area contributed by atoms with E-state index >= 15 is 0 Å². The minimum atomic E-state index is -0.305. The molecule has 32 heavy (non-hydrogen) atoms. The van der Waals surface area contributed by atoms with E-state index in [1.54, 1.807) is 0 Å². The average molecular weight is 453 g/mol. The summed E-state index contributed by atoms with van der Waals surface area (Å²) in [6, 6.07) is 0. The van der Waals surface area contributed by atoms with Gasteiger partial charge in [-0.15, -0.1) is 0 Å². The number of unbranched alkanes of at least 4 members (excludes halogenated alkanes) is 11. The molecule has 2 atom stereocenters. The van der Waals surface area contributed by atoms with Crippen molar-refractivity contribution in [3.8, 4) is 0 Å². The summed E-state index contributed by atoms with van der Waals surface area (Å²) in [5.74, 6) is -0.188. The van der Waals surface area contributed by atoms with Crippen molar-refractivity contribution in [2.24, 2.45) is 17.8 Å². The van der Waals surface area contributed by atoms with Crippen molar-refractivity contribution < 1.29 is 19.1 Å². The van der Waals surface area contributed by atoms with Gasteiger partial charge in [-0.05, 0) is 31.6 Å². The summed E-state index contributed by atoms with van der Waals surface area (Å²) >= 11 is 0. The van der Waals surface area contributed by atoms with Gasteiger partial charge in [-0.2, -0.15) is 0 Å². The van der Waals surface area contributed by atoms with Crippen LogP contribution in [0.4, 0.5) is 0 Å². The molecule has 0 spiro atoms. The number of carbonyl (C=O) groups is 2. The molecule has 4 nitrogen and oxygen atoms in total. The summed E-state index contributed by atoms with van der Waals surface area (Å²) in [4.78, 5) is 25.2. The van der Waals surface area contributed by atoms with E-state index in [1.165, 1.54) is 64.2 Å². The minimum absolute atomic E-state index is 0.181. The van der Waals surface area contributed by atoms with Crippen LogP contribution in [0, 0.1) is 17.8 Å². The fourth-order valence-corrected chi connectivity index (χ4v) is 4.68. The average Bonchev–Trinajstić information content (AvgIpc) is 2.79. The molecule has 1 fully saturated rings. The lowest BCUT2D eigenvalue weighted by atomic mass is 9.79. The lowest BCUT2D eigenvalue weighted by Crippen LogP contribution is -2.35. The molecule has 1 aliphatic rings. The highest BCUT2D eigenvalue weighted by Gasteiger charge is 2.37. The Labute approximate surface area is 198 Å². The molecular weight excluding hydrogens is 400 g/mol. The Morgan fingerprint density at radius 3 is 1.50 bits per heavy atom. The van der Waals surface area contributed by atoms with Crippen molar-refractivity contribution in [3.63, 3.8) is 0 Å². The summed E-state index contributed by atoms with van der Waals surface area (Å²) in [7, 11) is 0. The van der Waals surface area contributed by atoms with E-state index in [4.69, 9.17) is 9.47 Å². The Balaban J connectivity index is 2.16.